The summed E-state index contributed by atoms with van der Waals surface area (Å²) in [6.45, 7) is 2.11. The van der Waals surface area contributed by atoms with Crippen LogP contribution in [0.2, 0.25) is 0 Å². The van der Waals surface area contributed by atoms with Gasteiger partial charge in [0.25, 0.3) is 0 Å². The van der Waals surface area contributed by atoms with Gasteiger partial charge in [-0.25, -0.2) is 0 Å². The van der Waals surface area contributed by atoms with Crippen molar-refractivity contribution >= 4 is 39.2 Å². The lowest BCUT2D eigenvalue weighted by Crippen LogP contribution is -2.05. The molecule has 0 fully saturated rings. The molecule has 0 aliphatic carbocycles. The quantitative estimate of drug-likeness (QED) is 0.647. The Morgan fingerprint density at radius 3 is 2.68 bits per heavy atom. The largest absolute Gasteiger partial charge is 0.459 e. The third kappa shape index (κ3) is 2.76. The van der Waals surface area contributed by atoms with E-state index in [4.69, 9.17) is 4.42 Å². The Labute approximate surface area is 126 Å². The molecule has 1 heterocycles. The van der Waals surface area contributed by atoms with Crippen LogP contribution in [0.3, 0.4) is 0 Å². The van der Waals surface area contributed by atoms with Gasteiger partial charge in [-0.2, -0.15) is 0 Å². The highest BCUT2D eigenvalue weighted by atomic mass is 127. The van der Waals surface area contributed by atoms with Crippen LogP contribution in [0, 0.1) is 3.57 Å². The van der Waals surface area contributed by atoms with E-state index in [1.807, 2.05) is 18.2 Å². The molecule has 0 amide bonds. The van der Waals surface area contributed by atoms with E-state index in [-0.39, 0.29) is 6.04 Å². The van der Waals surface area contributed by atoms with Crippen molar-refractivity contribution in [3.8, 4) is 0 Å². The van der Waals surface area contributed by atoms with Crippen molar-refractivity contribution in [1.29, 1.82) is 0 Å². The van der Waals surface area contributed by atoms with E-state index in [9.17, 15) is 0 Å². The van der Waals surface area contributed by atoms with Crippen LogP contribution in [0.15, 0.2) is 59.0 Å². The Morgan fingerprint density at radius 1 is 1.05 bits per heavy atom. The third-order valence-corrected chi connectivity index (χ3v) is 3.75. The summed E-state index contributed by atoms with van der Waals surface area (Å²) in [5.41, 5.74) is 2.05. The predicted molar refractivity (Wildman–Crippen MR) is 87.4 cm³/mol. The number of para-hydroxylation sites is 1. The smallest absolute Gasteiger partial charge is 0.134 e. The zero-order valence-electron chi connectivity index (χ0n) is 10.6. The number of rotatable bonds is 3. The van der Waals surface area contributed by atoms with Crippen LogP contribution < -0.4 is 5.32 Å². The first kappa shape index (κ1) is 12.5. The predicted octanol–water partition coefficient (Wildman–Crippen LogP) is 5.21. The van der Waals surface area contributed by atoms with Gasteiger partial charge in [0.15, 0.2) is 0 Å². The van der Waals surface area contributed by atoms with Crippen molar-refractivity contribution in [3.63, 3.8) is 0 Å². The number of furan rings is 1. The topological polar surface area (TPSA) is 25.2 Å². The molecule has 0 aliphatic rings. The number of hydrogen-bond acceptors (Lipinski definition) is 2. The molecular weight excluding hydrogens is 349 g/mol. The first-order valence-electron chi connectivity index (χ1n) is 6.23. The first-order valence-corrected chi connectivity index (χ1v) is 7.31. The van der Waals surface area contributed by atoms with Crippen LogP contribution in [0.1, 0.15) is 18.7 Å². The zero-order chi connectivity index (χ0) is 13.2. The van der Waals surface area contributed by atoms with E-state index in [1.165, 1.54) is 3.57 Å². The molecular formula is C16H14INO. The van der Waals surface area contributed by atoms with Gasteiger partial charge in [-0.3, -0.25) is 0 Å². The van der Waals surface area contributed by atoms with E-state index in [1.54, 1.807) is 0 Å². The fourth-order valence-corrected chi connectivity index (χ4v) is 2.66. The Balaban J connectivity index is 1.85. The maximum Gasteiger partial charge on any atom is 0.134 e. The highest BCUT2D eigenvalue weighted by Crippen LogP contribution is 2.26. The van der Waals surface area contributed by atoms with Crippen molar-refractivity contribution in [2.75, 3.05) is 5.32 Å². The van der Waals surface area contributed by atoms with Gasteiger partial charge >= 0.3 is 0 Å². The lowest BCUT2D eigenvalue weighted by atomic mass is 10.2. The summed E-state index contributed by atoms with van der Waals surface area (Å²) in [5, 5.41) is 4.61. The molecule has 3 rings (SSSR count). The van der Waals surface area contributed by atoms with Gasteiger partial charge in [0, 0.05) is 14.6 Å². The average Bonchev–Trinajstić information content (AvgIpc) is 2.82. The fraction of sp³-hybridized carbons (Fsp3) is 0.125. The molecule has 0 saturated carbocycles. The summed E-state index contributed by atoms with van der Waals surface area (Å²) in [6, 6.07) is 18.7. The maximum atomic E-state index is 5.87. The molecule has 0 radical (unpaired) electrons. The van der Waals surface area contributed by atoms with Crippen molar-refractivity contribution in [2.45, 2.75) is 13.0 Å². The van der Waals surface area contributed by atoms with Crippen LogP contribution in [0.4, 0.5) is 5.69 Å². The lowest BCUT2D eigenvalue weighted by Gasteiger charge is -2.12. The molecule has 1 aromatic heterocycles. The van der Waals surface area contributed by atoms with E-state index >= 15 is 0 Å². The van der Waals surface area contributed by atoms with Gasteiger partial charge in [0.05, 0.1) is 6.04 Å². The van der Waals surface area contributed by atoms with Crippen LogP contribution >= 0.6 is 22.6 Å². The molecule has 3 heteroatoms. The normalized spacial score (nSPS) is 12.5. The summed E-state index contributed by atoms with van der Waals surface area (Å²) >= 11 is 2.31. The van der Waals surface area contributed by atoms with Crippen molar-refractivity contribution < 1.29 is 4.42 Å². The Bertz CT molecular complexity index is 672. The fourth-order valence-electron chi connectivity index (χ4n) is 2.12. The van der Waals surface area contributed by atoms with Crippen LogP contribution in [-0.4, -0.2) is 0 Å². The van der Waals surface area contributed by atoms with Gasteiger partial charge in [-0.05, 0) is 59.8 Å². The summed E-state index contributed by atoms with van der Waals surface area (Å²) < 4.78 is 7.09. The van der Waals surface area contributed by atoms with Gasteiger partial charge in [0.2, 0.25) is 0 Å². The molecule has 0 bridgehead atoms. The Kier molecular flexibility index (Phi) is 3.46. The number of nitrogens with one attached hydrogen (secondary N) is 1. The number of anilines is 1. The van der Waals surface area contributed by atoms with Gasteiger partial charge < -0.3 is 9.73 Å². The second-order valence-electron chi connectivity index (χ2n) is 4.56. The Hall–Kier alpha value is -1.49. The number of fused-ring (bicyclic) bond motifs is 1. The minimum atomic E-state index is 0.144. The molecule has 1 unspecified atom stereocenters. The van der Waals surface area contributed by atoms with E-state index in [0.29, 0.717) is 0 Å². The van der Waals surface area contributed by atoms with E-state index < -0.39 is 0 Å². The van der Waals surface area contributed by atoms with Gasteiger partial charge in [0.1, 0.15) is 11.3 Å². The standard InChI is InChI=1S/C16H14INO/c1-11(18-14-7-4-6-13(17)10-14)16-9-12-5-2-3-8-15(12)19-16/h2-11,18H,1H3. The second kappa shape index (κ2) is 5.25. The molecule has 0 spiro atoms. The molecule has 2 aromatic carbocycles. The summed E-state index contributed by atoms with van der Waals surface area (Å²) in [7, 11) is 0. The molecule has 2 nitrogen and oxygen atoms in total. The molecule has 0 aliphatic heterocycles. The van der Waals surface area contributed by atoms with Crippen LogP contribution in [-0.2, 0) is 0 Å². The average molecular weight is 363 g/mol. The van der Waals surface area contributed by atoms with E-state index in [0.717, 1.165) is 22.4 Å². The van der Waals surface area contributed by atoms with Crippen molar-refractivity contribution in [3.05, 3.63) is 63.9 Å². The second-order valence-corrected chi connectivity index (χ2v) is 5.81. The minimum absolute atomic E-state index is 0.144. The summed E-state index contributed by atoms with van der Waals surface area (Å²) in [4.78, 5) is 0. The third-order valence-electron chi connectivity index (χ3n) is 3.08. The SMILES string of the molecule is CC(Nc1cccc(I)c1)c1cc2ccccc2o1. The molecule has 1 N–H and O–H groups in total. The maximum absolute atomic E-state index is 5.87. The molecule has 0 saturated heterocycles. The van der Waals surface area contributed by atoms with Gasteiger partial charge in [-0.1, -0.05) is 24.3 Å². The summed E-state index contributed by atoms with van der Waals surface area (Å²) in [5.74, 6) is 0.958. The molecule has 1 atom stereocenters. The Morgan fingerprint density at radius 2 is 1.89 bits per heavy atom. The van der Waals surface area contributed by atoms with E-state index in [2.05, 4.69) is 71.2 Å². The first-order chi connectivity index (χ1) is 9.22. The monoisotopic (exact) mass is 363 g/mol. The highest BCUT2D eigenvalue weighted by Gasteiger charge is 2.11. The summed E-state index contributed by atoms with van der Waals surface area (Å²) in [6.07, 6.45) is 0. The van der Waals surface area contributed by atoms with Crippen molar-refractivity contribution in [1.82, 2.24) is 0 Å². The number of benzene rings is 2. The van der Waals surface area contributed by atoms with Gasteiger partial charge in [-0.15, -0.1) is 0 Å². The highest BCUT2D eigenvalue weighted by molar-refractivity contribution is 14.1. The molecule has 3 aromatic rings. The zero-order valence-corrected chi connectivity index (χ0v) is 12.7. The molecule has 19 heavy (non-hydrogen) atoms. The van der Waals surface area contributed by atoms with Crippen LogP contribution in [0.25, 0.3) is 11.0 Å². The van der Waals surface area contributed by atoms with Crippen molar-refractivity contribution in [2.24, 2.45) is 0 Å². The van der Waals surface area contributed by atoms with Crippen LogP contribution in [0.5, 0.6) is 0 Å². The number of hydrogen-bond donors (Lipinski definition) is 1. The lowest BCUT2D eigenvalue weighted by molar-refractivity contribution is 0.526. The minimum Gasteiger partial charge on any atom is -0.459 e. The molecule has 96 valence electrons. The number of halogens is 1.